The summed E-state index contributed by atoms with van der Waals surface area (Å²) < 4.78 is 0. The lowest BCUT2D eigenvalue weighted by Crippen LogP contribution is -2.40. The maximum atomic E-state index is 6.11. The minimum absolute atomic E-state index is 0.499. The van der Waals surface area contributed by atoms with Crippen molar-refractivity contribution in [2.24, 2.45) is 17.6 Å². The zero-order valence-electron chi connectivity index (χ0n) is 11.1. The van der Waals surface area contributed by atoms with Crippen LogP contribution in [0.5, 0.6) is 0 Å². The van der Waals surface area contributed by atoms with E-state index in [-0.39, 0.29) is 0 Å². The minimum Gasteiger partial charge on any atom is -0.328 e. The van der Waals surface area contributed by atoms with Crippen LogP contribution in [0, 0.1) is 11.8 Å². The molecule has 0 aromatic carbocycles. The Morgan fingerprint density at radius 1 is 0.941 bits per heavy atom. The molecular weight excluding hydrogens is 208 g/mol. The van der Waals surface area contributed by atoms with E-state index in [0.29, 0.717) is 6.04 Å². The van der Waals surface area contributed by atoms with Crippen LogP contribution in [0.1, 0.15) is 57.8 Å². The van der Waals surface area contributed by atoms with Gasteiger partial charge in [-0.05, 0) is 56.9 Å². The zero-order chi connectivity index (χ0) is 11.7. The Balaban J connectivity index is 1.54. The van der Waals surface area contributed by atoms with E-state index >= 15 is 0 Å². The van der Waals surface area contributed by atoms with E-state index in [2.05, 4.69) is 4.90 Å². The second-order valence-corrected chi connectivity index (χ2v) is 6.69. The van der Waals surface area contributed by atoms with Gasteiger partial charge >= 0.3 is 0 Å². The smallest absolute Gasteiger partial charge is 0.0124 e. The Labute approximate surface area is 106 Å². The molecule has 0 radical (unpaired) electrons. The number of hydrogen-bond donors (Lipinski definition) is 1. The van der Waals surface area contributed by atoms with Crippen LogP contribution >= 0.6 is 0 Å². The molecule has 1 heterocycles. The van der Waals surface area contributed by atoms with E-state index in [0.717, 1.165) is 17.9 Å². The first-order chi connectivity index (χ1) is 8.33. The molecule has 0 aromatic rings. The molecule has 4 unspecified atom stereocenters. The van der Waals surface area contributed by atoms with E-state index in [1.807, 2.05) is 0 Å². The molecule has 3 aliphatic rings. The van der Waals surface area contributed by atoms with Gasteiger partial charge in [-0.15, -0.1) is 0 Å². The summed E-state index contributed by atoms with van der Waals surface area (Å²) in [7, 11) is 0. The Hall–Kier alpha value is -0.0800. The van der Waals surface area contributed by atoms with Crippen LogP contribution in [-0.4, -0.2) is 30.1 Å². The van der Waals surface area contributed by atoms with Crippen molar-refractivity contribution in [3.8, 4) is 0 Å². The molecule has 1 saturated heterocycles. The Kier molecular flexibility index (Phi) is 3.72. The highest BCUT2D eigenvalue weighted by atomic mass is 15.2. The van der Waals surface area contributed by atoms with Gasteiger partial charge in [0.25, 0.3) is 0 Å². The maximum absolute atomic E-state index is 6.11. The van der Waals surface area contributed by atoms with Crippen molar-refractivity contribution in [1.29, 1.82) is 0 Å². The molecule has 17 heavy (non-hydrogen) atoms. The molecular formula is C15H28N2. The molecule has 98 valence electrons. The molecule has 2 N–H and O–H groups in total. The molecule has 1 aliphatic heterocycles. The van der Waals surface area contributed by atoms with Crippen LogP contribution in [0.3, 0.4) is 0 Å². The van der Waals surface area contributed by atoms with Crippen molar-refractivity contribution in [3.63, 3.8) is 0 Å². The zero-order valence-corrected chi connectivity index (χ0v) is 11.1. The van der Waals surface area contributed by atoms with Gasteiger partial charge < -0.3 is 5.73 Å². The molecule has 2 nitrogen and oxygen atoms in total. The van der Waals surface area contributed by atoms with Gasteiger partial charge in [-0.1, -0.05) is 19.3 Å². The van der Waals surface area contributed by atoms with Crippen LogP contribution in [0.4, 0.5) is 0 Å². The summed E-state index contributed by atoms with van der Waals surface area (Å²) in [6, 6.07) is 1.44. The van der Waals surface area contributed by atoms with Gasteiger partial charge in [0.15, 0.2) is 0 Å². The van der Waals surface area contributed by atoms with Crippen molar-refractivity contribution in [2.75, 3.05) is 13.1 Å². The Morgan fingerprint density at radius 3 is 2.71 bits per heavy atom. The largest absolute Gasteiger partial charge is 0.328 e. The highest BCUT2D eigenvalue weighted by molar-refractivity contribution is 4.91. The molecule has 2 heteroatoms. The van der Waals surface area contributed by atoms with E-state index in [1.54, 1.807) is 0 Å². The van der Waals surface area contributed by atoms with Gasteiger partial charge in [0.2, 0.25) is 0 Å². The number of likely N-dealkylation sites (tertiary alicyclic amines) is 1. The van der Waals surface area contributed by atoms with Crippen molar-refractivity contribution >= 4 is 0 Å². The summed E-state index contributed by atoms with van der Waals surface area (Å²) in [5.74, 6) is 1.94. The quantitative estimate of drug-likeness (QED) is 0.799. The Morgan fingerprint density at radius 2 is 1.82 bits per heavy atom. The lowest BCUT2D eigenvalue weighted by molar-refractivity contribution is 0.141. The first kappa shape index (κ1) is 12.0. The standard InChI is InChI=1S/C15H28N2/c16-14-6-3-4-12(10-14)11-17-9-8-13-5-1-2-7-15(13)17/h12-15H,1-11,16H2. The molecule has 3 rings (SSSR count). The van der Waals surface area contributed by atoms with Crippen molar-refractivity contribution in [3.05, 3.63) is 0 Å². The highest BCUT2D eigenvalue weighted by Gasteiger charge is 2.36. The lowest BCUT2D eigenvalue weighted by atomic mass is 9.83. The fourth-order valence-electron chi connectivity index (χ4n) is 4.56. The minimum atomic E-state index is 0.499. The molecule has 3 fully saturated rings. The molecule has 0 amide bonds. The number of nitrogens with zero attached hydrogens (tertiary/aromatic N) is 1. The van der Waals surface area contributed by atoms with Crippen molar-refractivity contribution in [2.45, 2.75) is 69.9 Å². The molecule has 0 spiro atoms. The SMILES string of the molecule is NC1CCCC(CN2CCC3CCCCC32)C1. The number of rotatable bonds is 2. The predicted octanol–water partition coefficient (Wildman–Crippen LogP) is 2.77. The van der Waals surface area contributed by atoms with Crippen molar-refractivity contribution < 1.29 is 0 Å². The van der Waals surface area contributed by atoms with Gasteiger partial charge in [0.1, 0.15) is 0 Å². The second kappa shape index (κ2) is 5.27. The summed E-state index contributed by atoms with van der Waals surface area (Å²) >= 11 is 0. The average Bonchev–Trinajstić information content (AvgIpc) is 2.73. The summed E-state index contributed by atoms with van der Waals surface area (Å²) in [6.07, 6.45) is 12.8. The third-order valence-electron chi connectivity index (χ3n) is 5.44. The van der Waals surface area contributed by atoms with Crippen LogP contribution in [0.25, 0.3) is 0 Å². The summed E-state index contributed by atoms with van der Waals surface area (Å²) in [5, 5.41) is 0. The summed E-state index contributed by atoms with van der Waals surface area (Å²) in [6.45, 7) is 2.73. The van der Waals surface area contributed by atoms with Gasteiger partial charge in [-0.25, -0.2) is 0 Å². The van der Waals surface area contributed by atoms with Crippen LogP contribution in [0.2, 0.25) is 0 Å². The molecule has 0 aromatic heterocycles. The van der Waals surface area contributed by atoms with Crippen LogP contribution in [-0.2, 0) is 0 Å². The third kappa shape index (κ3) is 2.68. The predicted molar refractivity (Wildman–Crippen MR) is 71.9 cm³/mol. The molecule has 2 saturated carbocycles. The topological polar surface area (TPSA) is 29.3 Å². The average molecular weight is 236 g/mol. The molecule has 2 aliphatic carbocycles. The normalized spacial score (nSPS) is 43.6. The van der Waals surface area contributed by atoms with Gasteiger partial charge in [-0.3, -0.25) is 4.90 Å². The van der Waals surface area contributed by atoms with Crippen LogP contribution in [0.15, 0.2) is 0 Å². The van der Waals surface area contributed by atoms with E-state index in [9.17, 15) is 0 Å². The highest BCUT2D eigenvalue weighted by Crippen LogP contribution is 2.37. The Bertz CT molecular complexity index is 253. The molecule has 0 bridgehead atoms. The van der Waals surface area contributed by atoms with Crippen LogP contribution < -0.4 is 5.73 Å². The van der Waals surface area contributed by atoms with Gasteiger partial charge in [-0.2, -0.15) is 0 Å². The monoisotopic (exact) mass is 236 g/mol. The molecule has 4 atom stereocenters. The summed E-state index contributed by atoms with van der Waals surface area (Å²) in [5.41, 5.74) is 6.11. The third-order valence-corrected chi connectivity index (χ3v) is 5.44. The van der Waals surface area contributed by atoms with Crippen molar-refractivity contribution in [1.82, 2.24) is 4.90 Å². The van der Waals surface area contributed by atoms with E-state index in [4.69, 9.17) is 5.73 Å². The lowest BCUT2D eigenvalue weighted by Gasteiger charge is -2.36. The second-order valence-electron chi connectivity index (χ2n) is 6.69. The first-order valence-electron chi connectivity index (χ1n) is 7.82. The first-order valence-corrected chi connectivity index (χ1v) is 7.82. The summed E-state index contributed by atoms with van der Waals surface area (Å²) in [4.78, 5) is 2.83. The fraction of sp³-hybridized carbons (Fsp3) is 1.00. The maximum Gasteiger partial charge on any atom is 0.0124 e. The van der Waals surface area contributed by atoms with E-state index in [1.165, 1.54) is 70.9 Å². The van der Waals surface area contributed by atoms with Gasteiger partial charge in [0, 0.05) is 18.6 Å². The van der Waals surface area contributed by atoms with E-state index < -0.39 is 0 Å². The number of nitrogens with two attached hydrogens (primary N) is 1. The van der Waals surface area contributed by atoms with Gasteiger partial charge in [0.05, 0.1) is 0 Å². The number of hydrogen-bond acceptors (Lipinski definition) is 2. The number of fused-ring (bicyclic) bond motifs is 1. The fourth-order valence-corrected chi connectivity index (χ4v) is 4.56.